The van der Waals surface area contributed by atoms with Gasteiger partial charge in [-0.15, -0.1) is 0 Å². The monoisotopic (exact) mass is 381 g/mol. The zero-order valence-electron chi connectivity index (χ0n) is 16.2. The molecule has 1 fully saturated rings. The quantitative estimate of drug-likeness (QED) is 0.441. The molecule has 1 amide bonds. The molecule has 1 aliphatic rings. The molecular weight excluding hydrogens is 354 g/mol. The van der Waals surface area contributed by atoms with Gasteiger partial charge in [0.1, 0.15) is 0 Å². The smallest absolute Gasteiger partial charge is 0.251 e. The van der Waals surface area contributed by atoms with Gasteiger partial charge in [0.2, 0.25) is 5.95 Å². The van der Waals surface area contributed by atoms with E-state index in [4.69, 9.17) is 0 Å². The number of nitrogens with zero attached hydrogens (tertiary/aromatic N) is 5. The van der Waals surface area contributed by atoms with Gasteiger partial charge in [0.15, 0.2) is 5.96 Å². The van der Waals surface area contributed by atoms with Crippen LogP contribution in [0.25, 0.3) is 0 Å². The fourth-order valence-electron chi connectivity index (χ4n) is 3.09. The maximum atomic E-state index is 12.0. The number of anilines is 1. The van der Waals surface area contributed by atoms with Crippen molar-refractivity contribution in [1.29, 1.82) is 0 Å². The lowest BCUT2D eigenvalue weighted by Gasteiger charge is -2.36. The number of hydrogen-bond acceptors (Lipinski definition) is 5. The fourth-order valence-corrected chi connectivity index (χ4v) is 3.09. The molecule has 2 heterocycles. The van der Waals surface area contributed by atoms with E-state index in [-0.39, 0.29) is 5.91 Å². The molecule has 8 heteroatoms. The molecule has 8 nitrogen and oxygen atoms in total. The summed E-state index contributed by atoms with van der Waals surface area (Å²) in [4.78, 5) is 29.4. The largest absolute Gasteiger partial charge is 0.356 e. The van der Waals surface area contributed by atoms with Crippen molar-refractivity contribution >= 4 is 17.8 Å². The van der Waals surface area contributed by atoms with Gasteiger partial charge < -0.3 is 20.4 Å². The summed E-state index contributed by atoms with van der Waals surface area (Å²) in [6.07, 6.45) is 4.37. The molecule has 2 N–H and O–H groups in total. The Morgan fingerprint density at radius 3 is 2.36 bits per heavy atom. The van der Waals surface area contributed by atoms with Crippen LogP contribution in [0.15, 0.2) is 53.8 Å². The summed E-state index contributed by atoms with van der Waals surface area (Å²) in [5.74, 6) is 1.63. The first-order chi connectivity index (χ1) is 13.8. The van der Waals surface area contributed by atoms with Gasteiger partial charge in [0.25, 0.3) is 5.91 Å². The normalized spacial score (nSPS) is 14.7. The number of carbonyl (C=O) groups is 1. The third-order valence-electron chi connectivity index (χ3n) is 4.58. The third kappa shape index (κ3) is 5.42. The molecule has 1 aromatic carbocycles. The maximum absolute atomic E-state index is 12.0. The van der Waals surface area contributed by atoms with E-state index in [1.807, 2.05) is 36.4 Å². The second-order valence-corrected chi connectivity index (χ2v) is 6.47. The van der Waals surface area contributed by atoms with Gasteiger partial charge in [0, 0.05) is 64.3 Å². The van der Waals surface area contributed by atoms with E-state index in [0.29, 0.717) is 12.1 Å². The number of amides is 1. The average Bonchev–Trinajstić information content (AvgIpc) is 2.77. The van der Waals surface area contributed by atoms with E-state index in [0.717, 1.165) is 51.1 Å². The predicted octanol–water partition coefficient (Wildman–Crippen LogP) is 0.994. The molecule has 148 valence electrons. The molecule has 2 aromatic rings. The van der Waals surface area contributed by atoms with Gasteiger partial charge >= 0.3 is 0 Å². The lowest BCUT2D eigenvalue weighted by Crippen LogP contribution is -2.53. The Morgan fingerprint density at radius 1 is 1.00 bits per heavy atom. The Labute approximate surface area is 165 Å². The highest BCUT2D eigenvalue weighted by atomic mass is 16.1. The van der Waals surface area contributed by atoms with E-state index in [1.54, 1.807) is 19.4 Å². The minimum Gasteiger partial charge on any atom is -0.356 e. The van der Waals surface area contributed by atoms with Crippen LogP contribution in [-0.2, 0) is 0 Å². The number of carbonyl (C=O) groups excluding carboxylic acids is 1. The molecule has 1 saturated heterocycles. The lowest BCUT2D eigenvalue weighted by atomic mass is 10.2. The highest BCUT2D eigenvalue weighted by Crippen LogP contribution is 2.09. The van der Waals surface area contributed by atoms with Crippen LogP contribution in [0.1, 0.15) is 16.8 Å². The summed E-state index contributed by atoms with van der Waals surface area (Å²) in [6.45, 7) is 4.82. The molecule has 0 atom stereocenters. The number of nitrogens with one attached hydrogen (secondary N) is 2. The van der Waals surface area contributed by atoms with Crippen LogP contribution in [0.4, 0.5) is 5.95 Å². The van der Waals surface area contributed by atoms with Gasteiger partial charge in [-0.05, 0) is 24.6 Å². The Balaban J connectivity index is 1.35. The first-order valence-electron chi connectivity index (χ1n) is 9.59. The second kappa shape index (κ2) is 10.2. The molecule has 0 saturated carbocycles. The summed E-state index contributed by atoms with van der Waals surface area (Å²) in [7, 11) is 1.80. The van der Waals surface area contributed by atoms with Crippen molar-refractivity contribution in [3.63, 3.8) is 0 Å². The SMILES string of the molecule is CN=C(NCCCNC(=O)c1ccccc1)N1CCN(c2ncccn2)CC1. The number of guanidine groups is 1. The van der Waals surface area contributed by atoms with Gasteiger partial charge in [-0.3, -0.25) is 9.79 Å². The van der Waals surface area contributed by atoms with Gasteiger partial charge in [-0.1, -0.05) is 18.2 Å². The molecule has 0 aliphatic carbocycles. The molecule has 0 bridgehead atoms. The van der Waals surface area contributed by atoms with E-state index in [9.17, 15) is 4.79 Å². The zero-order valence-corrected chi connectivity index (χ0v) is 16.2. The molecule has 1 aliphatic heterocycles. The van der Waals surface area contributed by atoms with E-state index in [2.05, 4.69) is 35.4 Å². The van der Waals surface area contributed by atoms with Crippen LogP contribution in [0.3, 0.4) is 0 Å². The Morgan fingerprint density at radius 2 is 1.68 bits per heavy atom. The minimum atomic E-state index is -0.0377. The molecule has 28 heavy (non-hydrogen) atoms. The predicted molar refractivity (Wildman–Crippen MR) is 111 cm³/mol. The molecule has 0 radical (unpaired) electrons. The maximum Gasteiger partial charge on any atom is 0.251 e. The summed E-state index contributed by atoms with van der Waals surface area (Å²) < 4.78 is 0. The highest BCUT2D eigenvalue weighted by molar-refractivity contribution is 5.94. The van der Waals surface area contributed by atoms with Crippen LogP contribution in [-0.4, -0.2) is 73.1 Å². The zero-order chi connectivity index (χ0) is 19.6. The topological polar surface area (TPSA) is 85.8 Å². The summed E-state index contributed by atoms with van der Waals surface area (Å²) in [5.41, 5.74) is 0.687. The number of hydrogen-bond donors (Lipinski definition) is 2. The molecule has 3 rings (SSSR count). The Bertz CT molecular complexity index is 759. The van der Waals surface area contributed by atoms with Crippen LogP contribution in [0.2, 0.25) is 0 Å². The molecular formula is C20H27N7O. The average molecular weight is 381 g/mol. The van der Waals surface area contributed by atoms with E-state index < -0.39 is 0 Å². The Hall–Kier alpha value is -3.16. The summed E-state index contributed by atoms with van der Waals surface area (Å²) in [5, 5.41) is 6.32. The lowest BCUT2D eigenvalue weighted by molar-refractivity contribution is 0.0953. The third-order valence-corrected chi connectivity index (χ3v) is 4.58. The van der Waals surface area contributed by atoms with Crippen LogP contribution >= 0.6 is 0 Å². The minimum absolute atomic E-state index is 0.0377. The second-order valence-electron chi connectivity index (χ2n) is 6.47. The van der Waals surface area contributed by atoms with Crippen molar-refractivity contribution in [1.82, 2.24) is 25.5 Å². The van der Waals surface area contributed by atoms with Crippen LogP contribution in [0, 0.1) is 0 Å². The van der Waals surface area contributed by atoms with Crippen molar-refractivity contribution in [3.8, 4) is 0 Å². The van der Waals surface area contributed by atoms with E-state index in [1.165, 1.54) is 0 Å². The van der Waals surface area contributed by atoms with Crippen LogP contribution in [0.5, 0.6) is 0 Å². The van der Waals surface area contributed by atoms with Crippen LogP contribution < -0.4 is 15.5 Å². The van der Waals surface area contributed by atoms with Gasteiger partial charge in [-0.2, -0.15) is 0 Å². The molecule has 0 unspecified atom stereocenters. The first kappa shape index (κ1) is 19.6. The number of rotatable bonds is 6. The van der Waals surface area contributed by atoms with Crippen molar-refractivity contribution < 1.29 is 4.79 Å². The number of aliphatic imine (C=N–C) groups is 1. The Kier molecular flexibility index (Phi) is 7.17. The van der Waals surface area contributed by atoms with Crippen molar-refractivity contribution in [2.24, 2.45) is 4.99 Å². The summed E-state index contributed by atoms with van der Waals surface area (Å²) >= 11 is 0. The molecule has 0 spiro atoms. The van der Waals surface area contributed by atoms with Gasteiger partial charge in [0.05, 0.1) is 0 Å². The first-order valence-corrected chi connectivity index (χ1v) is 9.59. The number of benzene rings is 1. The fraction of sp³-hybridized carbons (Fsp3) is 0.400. The van der Waals surface area contributed by atoms with Crippen molar-refractivity contribution in [2.75, 3.05) is 51.2 Å². The molecule has 1 aromatic heterocycles. The highest BCUT2D eigenvalue weighted by Gasteiger charge is 2.20. The van der Waals surface area contributed by atoms with E-state index >= 15 is 0 Å². The van der Waals surface area contributed by atoms with Gasteiger partial charge in [-0.25, -0.2) is 9.97 Å². The van der Waals surface area contributed by atoms with Crippen molar-refractivity contribution in [2.45, 2.75) is 6.42 Å². The number of piperazine rings is 1. The number of aromatic nitrogens is 2. The standard InChI is InChI=1S/C20H27N7O/c1-21-19(23-10-5-9-22-18(28)17-7-3-2-4-8-17)26-13-15-27(16-14-26)20-24-11-6-12-25-20/h2-4,6-8,11-12H,5,9-10,13-16H2,1H3,(H,21,23)(H,22,28). The van der Waals surface area contributed by atoms with Crippen molar-refractivity contribution in [3.05, 3.63) is 54.4 Å². The summed E-state index contributed by atoms with van der Waals surface area (Å²) in [6, 6.07) is 11.1.